The molecule has 0 amide bonds. The van der Waals surface area contributed by atoms with Gasteiger partial charge in [0.15, 0.2) is 0 Å². The molecule has 2 unspecified atom stereocenters. The Kier molecular flexibility index (Phi) is 4.70. The Balaban J connectivity index is 2.92. The fraction of sp³-hybridized carbons (Fsp3) is 0.500. The first-order chi connectivity index (χ1) is 7.95. The number of rotatable bonds is 5. The summed E-state index contributed by atoms with van der Waals surface area (Å²) in [5.74, 6) is -0.679. The maximum Gasteiger partial charge on any atom is 0.303 e. The van der Waals surface area contributed by atoms with Gasteiger partial charge < -0.3 is 10.4 Å². The Labute approximate surface area is 103 Å². The van der Waals surface area contributed by atoms with Crippen molar-refractivity contribution in [1.82, 2.24) is 5.32 Å². The van der Waals surface area contributed by atoms with Gasteiger partial charge in [0.1, 0.15) is 0 Å². The first-order valence-electron chi connectivity index (χ1n) is 5.92. The van der Waals surface area contributed by atoms with E-state index in [1.807, 2.05) is 14.0 Å². The summed E-state index contributed by atoms with van der Waals surface area (Å²) in [6, 6.07) is 6.38. The van der Waals surface area contributed by atoms with Gasteiger partial charge in [-0.2, -0.15) is 0 Å². The molecule has 0 heterocycles. The summed E-state index contributed by atoms with van der Waals surface area (Å²) < 4.78 is 0. The van der Waals surface area contributed by atoms with Crippen LogP contribution in [0.25, 0.3) is 0 Å². The molecule has 0 saturated carbocycles. The Morgan fingerprint density at radius 1 is 1.35 bits per heavy atom. The maximum atomic E-state index is 10.8. The quantitative estimate of drug-likeness (QED) is 0.825. The number of carboxylic acid groups (broad SMARTS) is 1. The van der Waals surface area contributed by atoms with Gasteiger partial charge in [-0.05, 0) is 43.5 Å². The number of benzene rings is 1. The van der Waals surface area contributed by atoms with E-state index in [2.05, 4.69) is 37.4 Å². The molecule has 3 heteroatoms. The first-order valence-corrected chi connectivity index (χ1v) is 5.92. The summed E-state index contributed by atoms with van der Waals surface area (Å²) in [6.45, 7) is 6.12. The highest BCUT2D eigenvalue weighted by molar-refractivity contribution is 5.67. The number of aryl methyl sites for hydroxylation is 2. The minimum Gasteiger partial charge on any atom is -0.481 e. The minimum atomic E-state index is -0.749. The number of aliphatic carboxylic acids is 1. The summed E-state index contributed by atoms with van der Waals surface area (Å²) in [6.07, 6.45) is 0.179. The molecule has 1 rings (SSSR count). The SMILES string of the molecule is CNC(c1ccc(C)c(C)c1)C(C)CC(=O)O. The standard InChI is InChI=1S/C14H21NO2/c1-9-5-6-12(7-10(9)2)14(15-4)11(3)8-13(16)17/h5-7,11,14-15H,8H2,1-4H3,(H,16,17). The van der Waals surface area contributed by atoms with Gasteiger partial charge in [0.25, 0.3) is 0 Å². The molecule has 0 bridgehead atoms. The fourth-order valence-corrected chi connectivity index (χ4v) is 2.13. The zero-order valence-corrected chi connectivity index (χ0v) is 10.9. The molecule has 0 spiro atoms. The molecule has 1 aromatic carbocycles. The average molecular weight is 235 g/mol. The van der Waals surface area contributed by atoms with E-state index in [1.54, 1.807) is 0 Å². The number of hydrogen-bond acceptors (Lipinski definition) is 2. The zero-order valence-electron chi connectivity index (χ0n) is 10.9. The smallest absolute Gasteiger partial charge is 0.303 e. The van der Waals surface area contributed by atoms with Gasteiger partial charge in [-0.3, -0.25) is 4.79 Å². The molecule has 0 saturated heterocycles. The van der Waals surface area contributed by atoms with E-state index < -0.39 is 5.97 Å². The lowest BCUT2D eigenvalue weighted by atomic mass is 9.90. The van der Waals surface area contributed by atoms with Crippen LogP contribution in [0.1, 0.15) is 36.1 Å². The largest absolute Gasteiger partial charge is 0.481 e. The van der Waals surface area contributed by atoms with Crippen LogP contribution in [0, 0.1) is 19.8 Å². The highest BCUT2D eigenvalue weighted by Gasteiger charge is 2.20. The number of nitrogens with one attached hydrogen (secondary N) is 1. The van der Waals surface area contributed by atoms with Crippen LogP contribution in [0.5, 0.6) is 0 Å². The number of hydrogen-bond donors (Lipinski definition) is 2. The van der Waals surface area contributed by atoms with E-state index in [-0.39, 0.29) is 18.4 Å². The van der Waals surface area contributed by atoms with Crippen molar-refractivity contribution in [3.05, 3.63) is 34.9 Å². The molecule has 0 aromatic heterocycles. The molecule has 3 nitrogen and oxygen atoms in total. The molecule has 17 heavy (non-hydrogen) atoms. The van der Waals surface area contributed by atoms with Gasteiger partial charge in [-0.25, -0.2) is 0 Å². The normalized spacial score (nSPS) is 14.4. The lowest BCUT2D eigenvalue weighted by molar-refractivity contribution is -0.138. The second kappa shape index (κ2) is 5.82. The third kappa shape index (κ3) is 3.56. The molecule has 0 fully saturated rings. The third-order valence-electron chi connectivity index (χ3n) is 3.27. The van der Waals surface area contributed by atoms with Crippen molar-refractivity contribution in [3.63, 3.8) is 0 Å². The van der Waals surface area contributed by atoms with Crippen molar-refractivity contribution in [1.29, 1.82) is 0 Å². The Morgan fingerprint density at radius 2 is 2.00 bits per heavy atom. The Morgan fingerprint density at radius 3 is 2.47 bits per heavy atom. The van der Waals surface area contributed by atoms with Crippen LogP contribution in [0.15, 0.2) is 18.2 Å². The van der Waals surface area contributed by atoms with Crippen LogP contribution in [-0.2, 0) is 4.79 Å². The van der Waals surface area contributed by atoms with Gasteiger partial charge >= 0.3 is 5.97 Å². The third-order valence-corrected chi connectivity index (χ3v) is 3.27. The van der Waals surface area contributed by atoms with Crippen molar-refractivity contribution in [2.75, 3.05) is 7.05 Å². The van der Waals surface area contributed by atoms with Crippen LogP contribution in [0.4, 0.5) is 0 Å². The van der Waals surface area contributed by atoms with Crippen molar-refractivity contribution in [2.24, 2.45) is 5.92 Å². The van der Waals surface area contributed by atoms with Crippen LogP contribution in [0.2, 0.25) is 0 Å². The molecular formula is C14H21NO2. The van der Waals surface area contributed by atoms with Gasteiger partial charge in [-0.1, -0.05) is 25.1 Å². The van der Waals surface area contributed by atoms with E-state index in [9.17, 15) is 4.79 Å². The Bertz CT molecular complexity index is 401. The Hall–Kier alpha value is -1.35. The summed E-state index contributed by atoms with van der Waals surface area (Å²) in [7, 11) is 1.87. The first kappa shape index (κ1) is 13.7. The van der Waals surface area contributed by atoms with E-state index in [1.165, 1.54) is 11.1 Å². The molecule has 2 N–H and O–H groups in total. The van der Waals surface area contributed by atoms with Gasteiger partial charge in [0.2, 0.25) is 0 Å². The predicted octanol–water partition coefficient (Wildman–Crippen LogP) is 2.67. The van der Waals surface area contributed by atoms with Crippen LogP contribution < -0.4 is 5.32 Å². The summed E-state index contributed by atoms with van der Waals surface area (Å²) in [5, 5.41) is 12.1. The van der Waals surface area contributed by atoms with Crippen molar-refractivity contribution < 1.29 is 9.90 Å². The van der Waals surface area contributed by atoms with Crippen molar-refractivity contribution >= 4 is 5.97 Å². The highest BCUT2D eigenvalue weighted by Crippen LogP contribution is 2.25. The number of carbonyl (C=O) groups is 1. The predicted molar refractivity (Wildman–Crippen MR) is 69.1 cm³/mol. The molecule has 0 aliphatic rings. The zero-order chi connectivity index (χ0) is 13.0. The second-order valence-electron chi connectivity index (χ2n) is 4.69. The number of carboxylic acids is 1. The maximum absolute atomic E-state index is 10.8. The van der Waals surface area contributed by atoms with E-state index in [0.717, 1.165) is 5.56 Å². The van der Waals surface area contributed by atoms with Crippen LogP contribution in [-0.4, -0.2) is 18.1 Å². The lowest BCUT2D eigenvalue weighted by Gasteiger charge is -2.23. The van der Waals surface area contributed by atoms with Gasteiger partial charge in [-0.15, -0.1) is 0 Å². The average Bonchev–Trinajstić information content (AvgIpc) is 2.23. The molecule has 1 aromatic rings. The van der Waals surface area contributed by atoms with E-state index in [0.29, 0.717) is 0 Å². The van der Waals surface area contributed by atoms with Crippen LogP contribution in [0.3, 0.4) is 0 Å². The molecule has 0 aliphatic carbocycles. The van der Waals surface area contributed by atoms with Crippen molar-refractivity contribution in [3.8, 4) is 0 Å². The summed E-state index contributed by atoms with van der Waals surface area (Å²) >= 11 is 0. The summed E-state index contributed by atoms with van der Waals surface area (Å²) in [5.41, 5.74) is 3.66. The van der Waals surface area contributed by atoms with Gasteiger partial charge in [0, 0.05) is 12.5 Å². The molecule has 2 atom stereocenters. The molecule has 0 radical (unpaired) electrons. The van der Waals surface area contributed by atoms with E-state index >= 15 is 0 Å². The van der Waals surface area contributed by atoms with Crippen LogP contribution >= 0.6 is 0 Å². The lowest BCUT2D eigenvalue weighted by Crippen LogP contribution is -2.25. The fourth-order valence-electron chi connectivity index (χ4n) is 2.13. The van der Waals surface area contributed by atoms with E-state index in [4.69, 9.17) is 5.11 Å². The van der Waals surface area contributed by atoms with Crippen molar-refractivity contribution in [2.45, 2.75) is 33.2 Å². The minimum absolute atomic E-state index is 0.0691. The summed E-state index contributed by atoms with van der Waals surface area (Å²) in [4.78, 5) is 10.8. The highest BCUT2D eigenvalue weighted by atomic mass is 16.4. The monoisotopic (exact) mass is 235 g/mol. The molecule has 0 aliphatic heterocycles. The second-order valence-corrected chi connectivity index (χ2v) is 4.69. The molecular weight excluding hydrogens is 214 g/mol. The van der Waals surface area contributed by atoms with Gasteiger partial charge in [0.05, 0.1) is 0 Å². The molecule has 94 valence electrons. The topological polar surface area (TPSA) is 49.3 Å².